The molecule has 3 aliphatic rings. The van der Waals surface area contributed by atoms with E-state index in [1.807, 2.05) is 0 Å². The van der Waals surface area contributed by atoms with E-state index in [1.54, 1.807) is 0 Å². The Balaban J connectivity index is 1.00. The molecular formula is C59H34. The first kappa shape index (κ1) is 31.5. The van der Waals surface area contributed by atoms with Gasteiger partial charge in [-0.05, 0) is 138 Å². The highest BCUT2D eigenvalue weighted by molar-refractivity contribution is 6.22. The fourth-order valence-corrected chi connectivity index (χ4v) is 11.7. The molecule has 0 fully saturated rings. The third-order valence-corrected chi connectivity index (χ3v) is 14.0. The number of hydrogen-bond acceptors (Lipinski definition) is 0. The van der Waals surface area contributed by atoms with Gasteiger partial charge in [0.2, 0.25) is 0 Å². The Bertz CT molecular complexity index is 3580. The van der Waals surface area contributed by atoms with Crippen molar-refractivity contribution in [2.24, 2.45) is 0 Å². The zero-order valence-corrected chi connectivity index (χ0v) is 32.1. The highest BCUT2D eigenvalue weighted by atomic mass is 14.5. The van der Waals surface area contributed by atoms with Gasteiger partial charge in [0.05, 0.1) is 5.41 Å². The maximum atomic E-state index is 2.46. The topological polar surface area (TPSA) is 0 Å². The minimum absolute atomic E-state index is 0.467. The average Bonchev–Trinajstić information content (AvgIpc) is 3.92. The Hall–Kier alpha value is -7.54. The average molecular weight is 743 g/mol. The predicted octanol–water partition coefficient (Wildman–Crippen LogP) is 15.6. The third kappa shape index (κ3) is 3.89. The minimum Gasteiger partial charge on any atom is -0.0619 e. The quantitative estimate of drug-likeness (QED) is 0.155. The van der Waals surface area contributed by atoms with Gasteiger partial charge >= 0.3 is 0 Å². The van der Waals surface area contributed by atoms with Crippen LogP contribution in [-0.2, 0) is 5.41 Å². The van der Waals surface area contributed by atoms with Crippen LogP contribution in [-0.4, -0.2) is 0 Å². The Morgan fingerprint density at radius 1 is 0.254 bits per heavy atom. The van der Waals surface area contributed by atoms with Gasteiger partial charge in [-0.3, -0.25) is 0 Å². The highest BCUT2D eigenvalue weighted by Crippen LogP contribution is 2.66. The van der Waals surface area contributed by atoms with Gasteiger partial charge in [0, 0.05) is 0 Å². The molecule has 0 radical (unpaired) electrons. The maximum absolute atomic E-state index is 2.46. The molecule has 0 amide bonds. The molecule has 0 N–H and O–H groups in total. The molecule has 0 bridgehead atoms. The number of hydrogen-bond donors (Lipinski definition) is 0. The van der Waals surface area contributed by atoms with E-state index in [2.05, 4.69) is 206 Å². The van der Waals surface area contributed by atoms with E-state index in [9.17, 15) is 0 Å². The lowest BCUT2D eigenvalue weighted by molar-refractivity contribution is 0.809. The van der Waals surface area contributed by atoms with Gasteiger partial charge in [-0.25, -0.2) is 0 Å². The second kappa shape index (κ2) is 11.3. The van der Waals surface area contributed by atoms with Crippen LogP contribution >= 0.6 is 0 Å². The zero-order chi connectivity index (χ0) is 38.4. The van der Waals surface area contributed by atoms with Gasteiger partial charge in [0.25, 0.3) is 0 Å². The molecule has 59 heavy (non-hydrogen) atoms. The molecule has 270 valence electrons. The summed E-state index contributed by atoms with van der Waals surface area (Å²) in [6.45, 7) is 0. The molecule has 0 saturated carbocycles. The van der Waals surface area contributed by atoms with Crippen molar-refractivity contribution in [3.63, 3.8) is 0 Å². The lowest BCUT2D eigenvalue weighted by atomic mass is 9.68. The normalized spacial score (nSPS) is 13.6. The van der Waals surface area contributed by atoms with E-state index >= 15 is 0 Å². The Labute approximate surface area is 342 Å². The fourth-order valence-electron chi connectivity index (χ4n) is 11.7. The largest absolute Gasteiger partial charge is 0.0737 e. The van der Waals surface area contributed by atoms with Gasteiger partial charge in [-0.2, -0.15) is 0 Å². The van der Waals surface area contributed by atoms with Crippen LogP contribution < -0.4 is 0 Å². The maximum Gasteiger partial charge on any atom is 0.0737 e. The monoisotopic (exact) mass is 742 g/mol. The number of rotatable bonds is 2. The molecule has 0 unspecified atom stereocenters. The van der Waals surface area contributed by atoms with Crippen LogP contribution in [0.5, 0.6) is 0 Å². The summed E-state index contributed by atoms with van der Waals surface area (Å²) in [6, 6.07) is 78.0. The molecule has 0 heterocycles. The summed E-state index contributed by atoms with van der Waals surface area (Å²) >= 11 is 0. The van der Waals surface area contributed by atoms with Crippen LogP contribution in [0, 0.1) is 0 Å². The molecule has 11 aromatic carbocycles. The lowest BCUT2D eigenvalue weighted by Gasteiger charge is -2.32. The molecule has 0 aliphatic heterocycles. The predicted molar refractivity (Wildman–Crippen MR) is 248 cm³/mol. The second-order valence-corrected chi connectivity index (χ2v) is 16.6. The first-order valence-electron chi connectivity index (χ1n) is 20.8. The molecule has 3 aliphatic carbocycles. The van der Waals surface area contributed by atoms with Crippen molar-refractivity contribution >= 4 is 43.1 Å². The van der Waals surface area contributed by atoms with Gasteiger partial charge in [0.1, 0.15) is 0 Å². The molecule has 0 saturated heterocycles. The van der Waals surface area contributed by atoms with Gasteiger partial charge < -0.3 is 0 Å². The molecule has 0 atom stereocenters. The van der Waals surface area contributed by atoms with Crippen LogP contribution in [0.3, 0.4) is 0 Å². The third-order valence-electron chi connectivity index (χ3n) is 14.0. The van der Waals surface area contributed by atoms with E-state index in [-0.39, 0.29) is 0 Å². The van der Waals surface area contributed by atoms with Crippen molar-refractivity contribution in [2.45, 2.75) is 5.41 Å². The SMILES string of the molecule is c1ccc2c(c1)-c1cccc3c(-c4ccc(-c5ccc6c7c(c8ccccc8c6c5)-c5ccc6ccccc6c5C75c6ccccc6-c6ccccc65)cc4)ccc-2c13. The smallest absolute Gasteiger partial charge is 0.0619 e. The fraction of sp³-hybridized carbons (Fsp3) is 0.0169. The number of fused-ring (bicyclic) bond motifs is 20. The van der Waals surface area contributed by atoms with Crippen LogP contribution in [0.2, 0.25) is 0 Å². The second-order valence-electron chi connectivity index (χ2n) is 16.6. The summed E-state index contributed by atoms with van der Waals surface area (Å²) in [5, 5.41) is 10.5. The minimum atomic E-state index is -0.467. The van der Waals surface area contributed by atoms with Crippen LogP contribution in [0.15, 0.2) is 206 Å². The summed E-state index contributed by atoms with van der Waals surface area (Å²) in [4.78, 5) is 0. The standard InChI is InChI=1S/C59H34/c1-2-13-40-36(12-1)28-31-51-56-48-19-6-5-16-43(48)52-34-38(29-30-50(52)58(56)59(57(40)51)53-22-9-7-17-44(53)45-18-8-10-23-54(45)59)35-24-26-37(27-25-35)39-32-33-49-42-15-4-3-14-41(42)47-21-11-20-46(39)55(47)49/h1-34H. The highest BCUT2D eigenvalue weighted by Gasteiger charge is 2.53. The van der Waals surface area contributed by atoms with E-state index in [0.717, 1.165) is 0 Å². The summed E-state index contributed by atoms with van der Waals surface area (Å²) < 4.78 is 0. The van der Waals surface area contributed by atoms with Crippen molar-refractivity contribution in [3.8, 4) is 66.8 Å². The molecule has 0 heteroatoms. The molecule has 14 rings (SSSR count). The Morgan fingerprint density at radius 2 is 0.797 bits per heavy atom. The van der Waals surface area contributed by atoms with Crippen LogP contribution in [0.1, 0.15) is 22.3 Å². The number of benzene rings is 11. The first-order chi connectivity index (χ1) is 29.3. The molecular weight excluding hydrogens is 709 g/mol. The molecule has 0 nitrogen and oxygen atoms in total. The van der Waals surface area contributed by atoms with Gasteiger partial charge in [0.15, 0.2) is 0 Å². The zero-order valence-electron chi connectivity index (χ0n) is 32.1. The summed E-state index contributed by atoms with van der Waals surface area (Å²) in [6.07, 6.45) is 0. The lowest BCUT2D eigenvalue weighted by Crippen LogP contribution is -2.26. The Morgan fingerprint density at radius 3 is 1.56 bits per heavy atom. The van der Waals surface area contributed by atoms with E-state index < -0.39 is 5.41 Å². The van der Waals surface area contributed by atoms with E-state index in [1.165, 1.54) is 132 Å². The molecule has 1 spiro atoms. The molecule has 11 aromatic rings. The first-order valence-corrected chi connectivity index (χ1v) is 20.8. The van der Waals surface area contributed by atoms with Crippen LogP contribution in [0.25, 0.3) is 110 Å². The summed E-state index contributed by atoms with van der Waals surface area (Å²) in [5.41, 5.74) is 20.8. The van der Waals surface area contributed by atoms with Crippen LogP contribution in [0.4, 0.5) is 0 Å². The van der Waals surface area contributed by atoms with Crippen molar-refractivity contribution < 1.29 is 0 Å². The summed E-state index contributed by atoms with van der Waals surface area (Å²) in [5.74, 6) is 0. The van der Waals surface area contributed by atoms with Crippen molar-refractivity contribution in [3.05, 3.63) is 229 Å². The van der Waals surface area contributed by atoms with Gasteiger partial charge in [-0.15, -0.1) is 0 Å². The van der Waals surface area contributed by atoms with Crippen molar-refractivity contribution in [1.29, 1.82) is 0 Å². The Kier molecular flexibility index (Phi) is 6.05. The van der Waals surface area contributed by atoms with Crippen molar-refractivity contribution in [1.82, 2.24) is 0 Å². The molecule has 0 aromatic heterocycles. The van der Waals surface area contributed by atoms with E-state index in [0.29, 0.717) is 0 Å². The van der Waals surface area contributed by atoms with E-state index in [4.69, 9.17) is 0 Å². The van der Waals surface area contributed by atoms with Gasteiger partial charge in [-0.1, -0.05) is 200 Å². The summed E-state index contributed by atoms with van der Waals surface area (Å²) in [7, 11) is 0. The van der Waals surface area contributed by atoms with Crippen molar-refractivity contribution in [2.75, 3.05) is 0 Å².